The topological polar surface area (TPSA) is 221 Å². The van der Waals surface area contributed by atoms with Crippen LogP contribution in [0.1, 0.15) is 49.6 Å². The summed E-state index contributed by atoms with van der Waals surface area (Å²) in [7, 11) is 0. The lowest BCUT2D eigenvalue weighted by molar-refractivity contribution is -0.144. The molecule has 436 valence electrons. The summed E-state index contributed by atoms with van der Waals surface area (Å²) in [6.45, 7) is 18.0. The zero-order valence-corrected chi connectivity index (χ0v) is 48.0. The van der Waals surface area contributed by atoms with Crippen LogP contribution in [-0.4, -0.2) is 189 Å². The zero-order valence-electron chi connectivity index (χ0n) is 47.1. The van der Waals surface area contributed by atoms with Crippen LogP contribution in [-0.2, 0) is 62.6 Å². The van der Waals surface area contributed by atoms with Gasteiger partial charge in [-0.15, -0.1) is 11.3 Å². The van der Waals surface area contributed by atoms with Crippen molar-refractivity contribution in [1.82, 2.24) is 40.3 Å². The van der Waals surface area contributed by atoms with E-state index in [1.54, 1.807) is 17.5 Å². The number of aliphatic hydroxyl groups is 1. The number of nitrogens with one attached hydrogen (secondary N) is 3. The molecule has 2 aromatic heterocycles. The number of aryl methyl sites for hydroxylation is 1. The van der Waals surface area contributed by atoms with E-state index < -0.39 is 35.4 Å². The molecule has 8 rings (SSSR count). The predicted octanol–water partition coefficient (Wildman–Crippen LogP) is 5.79. The summed E-state index contributed by atoms with van der Waals surface area (Å²) in [5.74, 6) is 0.00991. The van der Waals surface area contributed by atoms with Gasteiger partial charge in [0.1, 0.15) is 31.0 Å². The maximum absolute atomic E-state index is 14.0. The third-order valence-corrected chi connectivity index (χ3v) is 15.0. The Kier molecular flexibility index (Phi) is 23.5. The molecule has 0 unspecified atom stereocenters. The van der Waals surface area contributed by atoms with Crippen LogP contribution in [0.3, 0.4) is 0 Å². The molecule has 4 N–H and O–H groups in total. The van der Waals surface area contributed by atoms with Gasteiger partial charge in [0, 0.05) is 81.8 Å². The predicted molar refractivity (Wildman–Crippen MR) is 309 cm³/mol. The lowest BCUT2D eigenvalue weighted by Crippen LogP contribution is -2.58. The highest BCUT2D eigenvalue weighted by molar-refractivity contribution is 7.13. The highest BCUT2D eigenvalue weighted by atomic mass is 32.1. The van der Waals surface area contributed by atoms with E-state index in [1.165, 1.54) is 4.90 Å². The van der Waals surface area contributed by atoms with Crippen molar-refractivity contribution in [2.75, 3.05) is 124 Å². The fourth-order valence-electron chi connectivity index (χ4n) is 9.58. The van der Waals surface area contributed by atoms with Gasteiger partial charge >= 0.3 is 0 Å². The number of piperazine rings is 1. The lowest BCUT2D eigenvalue weighted by Gasteiger charge is -2.35. The van der Waals surface area contributed by atoms with E-state index in [2.05, 4.69) is 41.8 Å². The molecule has 3 aliphatic heterocycles. The van der Waals surface area contributed by atoms with Gasteiger partial charge in [-0.05, 0) is 59.4 Å². The molecule has 20 nitrogen and oxygen atoms in total. The minimum atomic E-state index is -0.960. The first kappa shape index (κ1) is 60.8. The number of likely N-dealkylation sites (tertiary alicyclic amines) is 1. The van der Waals surface area contributed by atoms with Crippen LogP contribution in [0, 0.1) is 12.3 Å². The quantitative estimate of drug-likeness (QED) is 0.0424. The summed E-state index contributed by atoms with van der Waals surface area (Å²) >= 11 is 1.57. The van der Waals surface area contributed by atoms with E-state index in [0.717, 1.165) is 94.8 Å². The Bertz CT molecular complexity index is 2800. The molecule has 81 heavy (non-hydrogen) atoms. The number of hydrogen-bond donors (Lipinski definition) is 4. The number of aliphatic hydroxyl groups excluding tert-OH is 1. The maximum atomic E-state index is 14.0. The van der Waals surface area contributed by atoms with Crippen molar-refractivity contribution in [2.45, 2.75) is 72.1 Å². The number of ether oxygens (including phenoxy) is 7. The second kappa shape index (κ2) is 31.3. The Hall–Kier alpha value is -6.24. The molecule has 0 saturated carbocycles. The number of fused-ring (bicyclic) bond motifs is 7. The summed E-state index contributed by atoms with van der Waals surface area (Å²) in [5.41, 5.74) is 8.71. The molecule has 3 atom stereocenters. The molecule has 5 heterocycles. The van der Waals surface area contributed by atoms with Crippen LogP contribution >= 0.6 is 11.3 Å². The number of nitrogens with zero attached hydrogens (tertiary/aromatic N) is 6. The molecular formula is C60H79N9O11S. The molecule has 3 aliphatic rings. The van der Waals surface area contributed by atoms with Crippen molar-refractivity contribution in [3.8, 4) is 27.4 Å². The summed E-state index contributed by atoms with van der Waals surface area (Å²) < 4.78 is 41.0. The molecule has 5 aromatic rings. The van der Waals surface area contributed by atoms with E-state index in [-0.39, 0.29) is 45.2 Å². The van der Waals surface area contributed by atoms with E-state index in [9.17, 15) is 19.5 Å². The van der Waals surface area contributed by atoms with Crippen LogP contribution in [0.15, 0.2) is 96.7 Å². The Balaban J connectivity index is 0.645. The number of amides is 3. The summed E-state index contributed by atoms with van der Waals surface area (Å²) in [6.07, 6.45) is 4.95. The third-order valence-electron chi connectivity index (χ3n) is 14.1. The highest BCUT2D eigenvalue weighted by Crippen LogP contribution is 2.30. The Morgan fingerprint density at radius 2 is 1.49 bits per heavy atom. The second-order valence-corrected chi connectivity index (χ2v) is 22.1. The molecule has 2 saturated heterocycles. The molecular weight excluding hydrogens is 1050 g/mol. The van der Waals surface area contributed by atoms with Gasteiger partial charge in [-0.3, -0.25) is 24.2 Å². The first-order valence-electron chi connectivity index (χ1n) is 27.9. The average Bonchev–Trinajstić information content (AvgIpc) is 4.28. The summed E-state index contributed by atoms with van der Waals surface area (Å²) in [4.78, 5) is 61.3. The van der Waals surface area contributed by atoms with E-state index in [0.29, 0.717) is 72.0 Å². The first-order chi connectivity index (χ1) is 39.4. The first-order valence-corrected chi connectivity index (χ1v) is 28.8. The number of aromatic nitrogens is 3. The van der Waals surface area contributed by atoms with Crippen LogP contribution in [0.2, 0.25) is 0 Å². The van der Waals surface area contributed by atoms with Crippen molar-refractivity contribution in [3.05, 3.63) is 119 Å². The SMILES string of the molecule is Cc1ncsc1-c1ccc(CNC(=O)[C@@H]2C[C@@H](O)CN2C(=O)[C@@H](NC(=O)COCCOCCOCCOCCN2CCN(CCOc3ccc4cc3COC/C=C/COCc3cccc(c3)-c3ccnc(n3)N4)CC2)C(C)(C)C)cc1. The standard InChI is InChI=1S/C60H79N9O11S/c1-43-55(81-42-63-43)46-12-10-44(11-13-46)37-62-57(72)52-36-50(70)38-69(52)58(73)56(60(2,3)4)66-54(71)41-79-33-32-76-31-30-75-29-28-74-26-22-67-18-20-68(21-19-67)23-27-80-53-15-14-49-35-48(53)40-78-25-6-5-24-77-39-45-8-7-9-47(34-45)51-16-17-61-59(64-49)65-51/h5-17,34-35,42,50,52,56,70H,18-33,36-41H2,1-4H3,(H,62,72)(H,66,71)(H,61,64,65)/b6-5+/t50-,52+,56-/m1/s1. The zero-order chi connectivity index (χ0) is 56.8. The van der Waals surface area contributed by atoms with Gasteiger partial charge in [0.05, 0.1) is 101 Å². The van der Waals surface area contributed by atoms with E-state index in [4.69, 9.17) is 38.1 Å². The maximum Gasteiger partial charge on any atom is 0.246 e. The molecule has 0 radical (unpaired) electrons. The smallest absolute Gasteiger partial charge is 0.246 e. The van der Waals surface area contributed by atoms with Crippen LogP contribution in [0.4, 0.5) is 11.6 Å². The molecule has 2 fully saturated rings. The normalized spacial score (nSPS) is 18.1. The number of benzene rings is 3. The van der Waals surface area contributed by atoms with Crippen molar-refractivity contribution in [2.24, 2.45) is 5.41 Å². The number of rotatable bonds is 24. The Morgan fingerprint density at radius 1 is 0.802 bits per heavy atom. The molecule has 3 amide bonds. The summed E-state index contributed by atoms with van der Waals surface area (Å²) in [6, 6.07) is 22.1. The number of anilines is 2. The molecule has 6 bridgehead atoms. The number of carbonyl (C=O) groups excluding carboxylic acids is 3. The van der Waals surface area contributed by atoms with Crippen molar-refractivity contribution in [3.63, 3.8) is 0 Å². The molecule has 0 aliphatic carbocycles. The van der Waals surface area contributed by atoms with Crippen molar-refractivity contribution >= 4 is 40.7 Å². The monoisotopic (exact) mass is 1130 g/mol. The fraction of sp³-hybridized carbons (Fsp3) is 0.500. The number of carbonyl (C=O) groups is 3. The van der Waals surface area contributed by atoms with Gasteiger partial charge < -0.3 is 59.1 Å². The number of hydrogen-bond acceptors (Lipinski definition) is 18. The van der Waals surface area contributed by atoms with Crippen molar-refractivity contribution < 1.29 is 52.6 Å². The highest BCUT2D eigenvalue weighted by Gasteiger charge is 2.44. The van der Waals surface area contributed by atoms with Gasteiger partial charge in [-0.2, -0.15) is 0 Å². The number of β-amino-alcohol motifs (C(OH)–C–C–N with tert-alkyl or cyclic N) is 1. The minimum Gasteiger partial charge on any atom is -0.492 e. The van der Waals surface area contributed by atoms with Gasteiger partial charge in [-0.1, -0.05) is 75.4 Å². The van der Waals surface area contributed by atoms with E-state index >= 15 is 0 Å². The minimum absolute atomic E-state index is 0.0123. The Labute approximate surface area is 479 Å². The largest absolute Gasteiger partial charge is 0.492 e. The van der Waals surface area contributed by atoms with Crippen LogP contribution < -0.4 is 20.7 Å². The van der Waals surface area contributed by atoms with E-state index in [1.807, 2.05) is 112 Å². The molecule has 0 spiro atoms. The fourth-order valence-corrected chi connectivity index (χ4v) is 10.4. The molecule has 21 heteroatoms. The summed E-state index contributed by atoms with van der Waals surface area (Å²) in [5, 5.41) is 19.7. The van der Waals surface area contributed by atoms with Gasteiger partial charge in [0.25, 0.3) is 0 Å². The average molecular weight is 1130 g/mol. The van der Waals surface area contributed by atoms with Crippen LogP contribution in [0.5, 0.6) is 5.75 Å². The van der Waals surface area contributed by atoms with Gasteiger partial charge in [-0.25, -0.2) is 15.0 Å². The van der Waals surface area contributed by atoms with Gasteiger partial charge in [0.2, 0.25) is 23.7 Å². The third kappa shape index (κ3) is 19.2. The number of thiazole rings is 1. The lowest BCUT2D eigenvalue weighted by atomic mass is 9.85. The van der Waals surface area contributed by atoms with Gasteiger partial charge in [0.15, 0.2) is 0 Å². The Morgan fingerprint density at radius 3 is 2.20 bits per heavy atom. The van der Waals surface area contributed by atoms with Crippen LogP contribution in [0.25, 0.3) is 21.7 Å². The molecule has 3 aromatic carbocycles. The second-order valence-electron chi connectivity index (χ2n) is 21.3. The van der Waals surface area contributed by atoms with Crippen molar-refractivity contribution in [1.29, 1.82) is 0 Å².